The number of carbonyl (C=O) groups excluding carboxylic acids is 3. The number of nitrogen functional groups attached to an aromatic ring is 1. The Bertz CT molecular complexity index is 1750. The van der Waals surface area contributed by atoms with Crippen molar-refractivity contribution in [1.82, 2.24) is 30.6 Å². The minimum Gasteiger partial charge on any atom is -0.291 e. The molecule has 16 nitrogen and oxygen atoms in total. The van der Waals surface area contributed by atoms with Gasteiger partial charge in [0.1, 0.15) is 0 Å². The number of hydrogen-bond donors (Lipinski definition) is 6. The van der Waals surface area contributed by atoms with Crippen molar-refractivity contribution in [3.8, 4) is 0 Å². The minimum atomic E-state index is -1.29. The van der Waals surface area contributed by atoms with Crippen LogP contribution in [0.25, 0.3) is 11.2 Å². The van der Waals surface area contributed by atoms with E-state index in [0.717, 1.165) is 0 Å². The van der Waals surface area contributed by atoms with Crippen LogP contribution in [0.5, 0.6) is 0 Å². The first-order valence-corrected chi connectivity index (χ1v) is 16.2. The summed E-state index contributed by atoms with van der Waals surface area (Å²) in [5, 5.41) is 17.9. The van der Waals surface area contributed by atoms with Crippen LogP contribution in [-0.2, 0) is 23.9 Å². The van der Waals surface area contributed by atoms with Crippen LogP contribution in [0.1, 0.15) is 39.3 Å². The Morgan fingerprint density at radius 3 is 2.45 bits per heavy atom. The number of aromatic nitrogens is 4. The molecule has 2 aromatic carbocycles. The number of aromatic amines is 1. The zero-order valence-corrected chi connectivity index (χ0v) is 27.1. The maximum atomic E-state index is 12.7. The molecule has 2 amide bonds. The van der Waals surface area contributed by atoms with Gasteiger partial charge in [-0.3, -0.25) is 9.78 Å². The van der Waals surface area contributed by atoms with Gasteiger partial charge >= 0.3 is 214 Å². The molecule has 47 heavy (non-hydrogen) atoms. The van der Waals surface area contributed by atoms with Gasteiger partial charge in [-0.1, -0.05) is 0 Å². The molecule has 7 N–H and O–H groups in total. The van der Waals surface area contributed by atoms with Crippen LogP contribution in [-0.4, -0.2) is 79.0 Å². The SMILES string of the molecule is Nc1nc2ncc(CNc3ccc(C(=O)NC(CCC(=O)[I-]OCCOCCNC(=O)c4ccccc4)C(=O)O)cc3)nc2c(=O)[nH]1. The van der Waals surface area contributed by atoms with Crippen molar-refractivity contribution in [2.24, 2.45) is 0 Å². The average Bonchev–Trinajstić information content (AvgIpc) is 3.07. The smallest absolute Gasteiger partial charge is 0.280 e. The van der Waals surface area contributed by atoms with Gasteiger partial charge in [-0.25, -0.2) is 9.97 Å². The van der Waals surface area contributed by atoms with Crippen molar-refractivity contribution in [2.45, 2.75) is 25.4 Å². The number of rotatable bonds is 18. The normalized spacial score (nSPS) is 11.6. The number of carboxylic acid groups (broad SMARTS) is 1. The molecule has 4 aromatic rings. The number of carbonyl (C=O) groups is 4. The molecule has 2 heterocycles. The number of benzene rings is 2. The fraction of sp³-hybridized carbons (Fsp3) is 0.267. The average molecular weight is 760 g/mol. The molecule has 0 saturated heterocycles. The molecular weight excluding hydrogens is 727 g/mol. The van der Waals surface area contributed by atoms with Gasteiger partial charge < -0.3 is 5.73 Å². The molecule has 0 aliphatic carbocycles. The molecule has 0 bridgehead atoms. The summed E-state index contributed by atoms with van der Waals surface area (Å²) in [5.41, 5.74) is 7.09. The van der Waals surface area contributed by atoms with Crippen molar-refractivity contribution in [2.75, 3.05) is 37.4 Å². The summed E-state index contributed by atoms with van der Waals surface area (Å²) in [6, 6.07) is 13.8. The number of amides is 2. The van der Waals surface area contributed by atoms with Gasteiger partial charge in [0.15, 0.2) is 11.2 Å². The van der Waals surface area contributed by atoms with E-state index in [1.54, 1.807) is 36.4 Å². The molecule has 1 atom stereocenters. The molecule has 4 rings (SSSR count). The summed E-state index contributed by atoms with van der Waals surface area (Å²) in [7, 11) is 0. The van der Waals surface area contributed by atoms with E-state index in [4.69, 9.17) is 13.5 Å². The topological polar surface area (TPSA) is 241 Å². The minimum absolute atomic E-state index is 0.0545. The predicted octanol–water partition coefficient (Wildman–Crippen LogP) is -2.14. The summed E-state index contributed by atoms with van der Waals surface area (Å²) in [6.07, 6.45) is 1.31. The number of carboxylic acids is 1. The second-order valence-corrected chi connectivity index (χ2v) is 12.1. The summed E-state index contributed by atoms with van der Waals surface area (Å²) < 4.78 is 10.6. The summed E-state index contributed by atoms with van der Waals surface area (Å²) in [6.45, 7) is 1.26. The quantitative estimate of drug-likeness (QED) is 0.0361. The van der Waals surface area contributed by atoms with Gasteiger partial charge in [-0.15, -0.1) is 0 Å². The summed E-state index contributed by atoms with van der Waals surface area (Å²) in [4.78, 5) is 75.4. The molecule has 0 radical (unpaired) electrons. The molecule has 17 heteroatoms. The number of H-pyrrole nitrogens is 1. The number of anilines is 2. The zero-order chi connectivity index (χ0) is 33.6. The van der Waals surface area contributed by atoms with Crippen LogP contribution in [0, 0.1) is 0 Å². The van der Waals surface area contributed by atoms with Gasteiger partial charge in [-0.2, -0.15) is 4.98 Å². The van der Waals surface area contributed by atoms with E-state index >= 15 is 0 Å². The van der Waals surface area contributed by atoms with Crippen molar-refractivity contribution in [1.29, 1.82) is 0 Å². The van der Waals surface area contributed by atoms with E-state index in [1.165, 1.54) is 18.3 Å². The second-order valence-electron chi connectivity index (χ2n) is 9.80. The molecule has 2 aromatic heterocycles. The molecular formula is C30H32IN8O8-. The number of nitrogens with one attached hydrogen (secondary N) is 4. The van der Waals surface area contributed by atoms with Gasteiger partial charge in [0.2, 0.25) is 5.95 Å². The zero-order valence-electron chi connectivity index (χ0n) is 24.9. The first-order chi connectivity index (χ1) is 22.7. The number of nitrogens with zero attached hydrogens (tertiary/aromatic N) is 3. The number of fused-ring (bicyclic) bond motifs is 1. The predicted molar refractivity (Wildman–Crippen MR) is 165 cm³/mol. The summed E-state index contributed by atoms with van der Waals surface area (Å²) in [5.74, 6) is -2.12. The van der Waals surface area contributed by atoms with E-state index in [-0.39, 0.29) is 71.6 Å². The van der Waals surface area contributed by atoms with Crippen molar-refractivity contribution < 1.29 is 53.7 Å². The molecule has 0 aliphatic rings. The maximum Gasteiger partial charge on any atom is 0.280 e. The summed E-state index contributed by atoms with van der Waals surface area (Å²) >= 11 is -1.29. The van der Waals surface area contributed by atoms with Crippen LogP contribution in [0.15, 0.2) is 65.6 Å². The molecule has 0 aliphatic heterocycles. The number of nitrogens with two attached hydrogens (primary N) is 1. The number of aliphatic carboxylic acids is 1. The molecule has 248 valence electrons. The van der Waals surface area contributed by atoms with Gasteiger partial charge in [0.25, 0.3) is 5.56 Å². The van der Waals surface area contributed by atoms with E-state index < -0.39 is 45.1 Å². The fourth-order valence-corrected chi connectivity index (χ4v) is 5.28. The maximum absolute atomic E-state index is 12.7. The van der Waals surface area contributed by atoms with E-state index in [2.05, 4.69) is 35.9 Å². The van der Waals surface area contributed by atoms with Crippen LogP contribution in [0.2, 0.25) is 0 Å². The third-order valence-electron chi connectivity index (χ3n) is 6.35. The van der Waals surface area contributed by atoms with Crippen LogP contribution in [0.3, 0.4) is 0 Å². The third kappa shape index (κ3) is 11.1. The van der Waals surface area contributed by atoms with Crippen molar-refractivity contribution in [3.63, 3.8) is 0 Å². The van der Waals surface area contributed by atoms with Crippen molar-refractivity contribution in [3.05, 3.63) is 88.0 Å². The first kappa shape index (κ1) is 34.9. The Morgan fingerprint density at radius 1 is 0.957 bits per heavy atom. The fourth-order valence-electron chi connectivity index (χ4n) is 4.00. The van der Waals surface area contributed by atoms with Gasteiger partial charge in [0, 0.05) is 0 Å². The molecule has 0 spiro atoms. The standard InChI is InChI=1S/C30H32IN8O8/c32-30-38-25-24(28(43)39-30)36-21(17-35-25)16-34-20-8-6-19(7-9-20)27(42)37-22(29(44)45)10-11-23(40)31-47-15-14-46-13-12-33-26(41)18-4-2-1-3-5-18/h1-9,17,22,34H,10-16H2,(H,33,41)(H,37,42)(H,44,45)(H3,32,35,38,39,43)/q-1. The van der Waals surface area contributed by atoms with Crippen LogP contribution >= 0.6 is 0 Å². The van der Waals surface area contributed by atoms with E-state index in [9.17, 15) is 29.1 Å². The molecule has 1 unspecified atom stereocenters. The largest absolute Gasteiger partial charge is 0.291 e. The van der Waals surface area contributed by atoms with Crippen LogP contribution < -0.4 is 48.9 Å². The molecule has 0 fully saturated rings. The number of hydrogen-bond acceptors (Lipinski definition) is 12. The van der Waals surface area contributed by atoms with Gasteiger partial charge in [-0.05, 0) is 0 Å². The van der Waals surface area contributed by atoms with Crippen LogP contribution in [0.4, 0.5) is 11.6 Å². The second kappa shape index (κ2) is 17.6. The Morgan fingerprint density at radius 2 is 1.70 bits per heavy atom. The monoisotopic (exact) mass is 759 g/mol. The Hall–Kier alpha value is -5.01. The molecule has 0 saturated carbocycles. The van der Waals surface area contributed by atoms with E-state index in [0.29, 0.717) is 23.5 Å². The number of ether oxygens (including phenoxy) is 1. The first-order valence-electron chi connectivity index (χ1n) is 14.3. The Labute approximate surface area is 278 Å². The Kier molecular flexibility index (Phi) is 13.1. The third-order valence-corrected chi connectivity index (χ3v) is 8.14. The Balaban J connectivity index is 1.12. The number of halogens is 1. The van der Waals surface area contributed by atoms with Crippen molar-refractivity contribution >= 4 is 44.4 Å². The van der Waals surface area contributed by atoms with E-state index in [1.807, 2.05) is 6.07 Å². The van der Waals surface area contributed by atoms with Gasteiger partial charge in [0.05, 0.1) is 11.9 Å².